The zero-order valence-corrected chi connectivity index (χ0v) is 10.1. The number of benzene rings is 1. The molecule has 0 saturated heterocycles. The van der Waals surface area contributed by atoms with Crippen LogP contribution in [0.3, 0.4) is 0 Å². The fourth-order valence-corrected chi connectivity index (χ4v) is 1.79. The Labute approximate surface area is 106 Å². The average molecular weight is 273 g/mol. The maximum atomic E-state index is 13.2. The number of hydrogen-bond donors (Lipinski definition) is 0. The summed E-state index contributed by atoms with van der Waals surface area (Å²) in [6.45, 7) is 1.44. The molecule has 2 rings (SSSR count). The van der Waals surface area contributed by atoms with Crippen LogP contribution in [0.4, 0.5) is 13.2 Å². The van der Waals surface area contributed by atoms with E-state index in [0.717, 1.165) is 6.07 Å². The third-order valence-corrected chi connectivity index (χ3v) is 2.56. The molecule has 0 fully saturated rings. The van der Waals surface area contributed by atoms with Crippen molar-refractivity contribution in [1.82, 2.24) is 9.97 Å². The molecule has 0 aliphatic heterocycles. The minimum atomic E-state index is -0.689. The van der Waals surface area contributed by atoms with E-state index in [2.05, 4.69) is 9.97 Å². The topological polar surface area (TPSA) is 25.8 Å². The van der Waals surface area contributed by atoms with Gasteiger partial charge in [-0.2, -0.15) is 0 Å². The second kappa shape index (κ2) is 4.94. The maximum Gasteiger partial charge on any atom is 0.181 e. The molecule has 0 amide bonds. The molecule has 0 saturated carbocycles. The molecule has 0 spiro atoms. The molecule has 2 nitrogen and oxygen atoms in total. The van der Waals surface area contributed by atoms with Gasteiger partial charge in [-0.1, -0.05) is 11.6 Å². The van der Waals surface area contributed by atoms with Crippen molar-refractivity contribution in [2.75, 3.05) is 0 Å². The van der Waals surface area contributed by atoms with E-state index in [1.165, 1.54) is 19.1 Å². The Hall–Kier alpha value is -1.62. The summed E-state index contributed by atoms with van der Waals surface area (Å²) in [5.41, 5.74) is 0.455. The number of rotatable bonds is 2. The first kappa shape index (κ1) is 12.8. The van der Waals surface area contributed by atoms with Crippen LogP contribution in [0.25, 0.3) is 0 Å². The van der Waals surface area contributed by atoms with E-state index in [-0.39, 0.29) is 23.1 Å². The van der Waals surface area contributed by atoms with Gasteiger partial charge in [0.1, 0.15) is 17.5 Å². The van der Waals surface area contributed by atoms with Gasteiger partial charge < -0.3 is 0 Å². The molecule has 1 aromatic heterocycles. The largest absolute Gasteiger partial charge is 0.235 e. The van der Waals surface area contributed by atoms with Crippen LogP contribution in [0.5, 0.6) is 0 Å². The van der Waals surface area contributed by atoms with E-state index in [0.29, 0.717) is 5.56 Å². The fourth-order valence-electron chi connectivity index (χ4n) is 1.55. The predicted octanol–water partition coefficient (Wildman–Crippen LogP) is 3.45. The summed E-state index contributed by atoms with van der Waals surface area (Å²) in [6, 6.07) is 3.10. The van der Waals surface area contributed by atoms with Gasteiger partial charge in [0.15, 0.2) is 11.0 Å². The normalized spacial score (nSPS) is 10.7. The molecule has 1 heterocycles. The van der Waals surface area contributed by atoms with Crippen molar-refractivity contribution in [2.45, 2.75) is 13.3 Å². The van der Waals surface area contributed by atoms with Crippen LogP contribution in [-0.4, -0.2) is 9.97 Å². The minimum absolute atomic E-state index is 0.0789. The Kier molecular flexibility index (Phi) is 3.52. The van der Waals surface area contributed by atoms with E-state index in [1.54, 1.807) is 0 Å². The molecular weight excluding hydrogens is 265 g/mol. The van der Waals surface area contributed by atoms with Crippen LogP contribution in [0, 0.1) is 24.4 Å². The third kappa shape index (κ3) is 2.79. The van der Waals surface area contributed by atoms with Gasteiger partial charge in [-0.3, -0.25) is 0 Å². The molecule has 0 N–H and O–H groups in total. The predicted molar refractivity (Wildman–Crippen MR) is 60.9 cm³/mol. The molecule has 6 heteroatoms. The number of aryl methyl sites for hydroxylation is 1. The first-order valence-electron chi connectivity index (χ1n) is 5.09. The number of nitrogens with zero attached hydrogens (tertiary/aromatic N) is 2. The Balaban J connectivity index is 2.34. The number of hydrogen-bond acceptors (Lipinski definition) is 2. The van der Waals surface area contributed by atoms with Crippen molar-refractivity contribution in [3.8, 4) is 0 Å². The molecule has 0 aliphatic rings. The van der Waals surface area contributed by atoms with Crippen LogP contribution in [0.1, 0.15) is 17.1 Å². The Morgan fingerprint density at radius 3 is 2.22 bits per heavy atom. The van der Waals surface area contributed by atoms with Crippen molar-refractivity contribution in [2.24, 2.45) is 0 Å². The molecule has 18 heavy (non-hydrogen) atoms. The molecule has 1 aromatic carbocycles. The molecular formula is C12H8ClF3N2. The quantitative estimate of drug-likeness (QED) is 0.783. The summed E-state index contributed by atoms with van der Waals surface area (Å²) in [5, 5.41) is -0.297. The van der Waals surface area contributed by atoms with E-state index in [9.17, 15) is 13.2 Å². The van der Waals surface area contributed by atoms with Gasteiger partial charge in [0.05, 0.1) is 5.69 Å². The monoisotopic (exact) mass is 272 g/mol. The Morgan fingerprint density at radius 1 is 1.06 bits per heavy atom. The second-order valence-corrected chi connectivity index (χ2v) is 4.14. The summed E-state index contributed by atoms with van der Waals surface area (Å²) in [6.07, 6.45) is 0.0789. The number of aromatic nitrogens is 2. The van der Waals surface area contributed by atoms with E-state index in [1.807, 2.05) is 0 Å². The molecule has 0 aliphatic carbocycles. The summed E-state index contributed by atoms with van der Waals surface area (Å²) < 4.78 is 39.2. The van der Waals surface area contributed by atoms with Gasteiger partial charge in [0, 0.05) is 12.5 Å². The lowest BCUT2D eigenvalue weighted by Gasteiger charge is -2.04. The van der Waals surface area contributed by atoms with Gasteiger partial charge in [-0.15, -0.1) is 0 Å². The van der Waals surface area contributed by atoms with Crippen molar-refractivity contribution in [3.05, 3.63) is 57.9 Å². The standard InChI is InChI=1S/C12H8ClF3N2/c1-6-11(16)12(13)18-10(17-6)4-7-2-8(14)5-9(15)3-7/h2-3,5H,4H2,1H3. The lowest BCUT2D eigenvalue weighted by Crippen LogP contribution is -2.02. The van der Waals surface area contributed by atoms with Crippen LogP contribution in [-0.2, 0) is 6.42 Å². The van der Waals surface area contributed by atoms with Crippen LogP contribution in [0.15, 0.2) is 18.2 Å². The van der Waals surface area contributed by atoms with Crippen LogP contribution in [0.2, 0.25) is 5.15 Å². The average Bonchev–Trinajstić information content (AvgIpc) is 2.24. The molecule has 0 radical (unpaired) electrons. The highest BCUT2D eigenvalue weighted by Gasteiger charge is 2.10. The zero-order valence-electron chi connectivity index (χ0n) is 9.35. The number of halogens is 4. The van der Waals surface area contributed by atoms with E-state index < -0.39 is 17.5 Å². The highest BCUT2D eigenvalue weighted by Crippen LogP contribution is 2.16. The van der Waals surface area contributed by atoms with Crippen molar-refractivity contribution in [1.29, 1.82) is 0 Å². The molecule has 0 bridgehead atoms. The lowest BCUT2D eigenvalue weighted by atomic mass is 10.1. The molecule has 0 atom stereocenters. The van der Waals surface area contributed by atoms with Crippen molar-refractivity contribution >= 4 is 11.6 Å². The van der Waals surface area contributed by atoms with Crippen LogP contribution >= 0.6 is 11.6 Å². The third-order valence-electron chi connectivity index (χ3n) is 2.31. The summed E-state index contributed by atoms with van der Waals surface area (Å²) >= 11 is 5.57. The fraction of sp³-hybridized carbons (Fsp3) is 0.167. The van der Waals surface area contributed by atoms with E-state index >= 15 is 0 Å². The van der Waals surface area contributed by atoms with Crippen molar-refractivity contribution in [3.63, 3.8) is 0 Å². The van der Waals surface area contributed by atoms with Crippen LogP contribution < -0.4 is 0 Å². The van der Waals surface area contributed by atoms with Gasteiger partial charge in [-0.25, -0.2) is 23.1 Å². The van der Waals surface area contributed by atoms with E-state index in [4.69, 9.17) is 11.6 Å². The summed E-state index contributed by atoms with van der Waals surface area (Å²) in [7, 11) is 0. The van der Waals surface area contributed by atoms with Gasteiger partial charge in [0.2, 0.25) is 0 Å². The first-order valence-corrected chi connectivity index (χ1v) is 5.47. The zero-order chi connectivity index (χ0) is 13.3. The van der Waals surface area contributed by atoms with Gasteiger partial charge in [-0.05, 0) is 24.6 Å². The second-order valence-electron chi connectivity index (χ2n) is 3.78. The summed E-state index contributed by atoms with van der Waals surface area (Å²) in [4.78, 5) is 7.60. The Bertz CT molecular complexity index is 559. The minimum Gasteiger partial charge on any atom is -0.235 e. The maximum absolute atomic E-state index is 13.2. The first-order chi connectivity index (χ1) is 8.45. The smallest absolute Gasteiger partial charge is 0.181 e. The van der Waals surface area contributed by atoms with Crippen molar-refractivity contribution < 1.29 is 13.2 Å². The highest BCUT2D eigenvalue weighted by atomic mass is 35.5. The lowest BCUT2D eigenvalue weighted by molar-refractivity contribution is 0.579. The Morgan fingerprint density at radius 2 is 1.67 bits per heavy atom. The summed E-state index contributed by atoms with van der Waals surface area (Å²) in [5.74, 6) is -1.85. The van der Waals surface area contributed by atoms with Gasteiger partial charge in [0.25, 0.3) is 0 Å². The molecule has 94 valence electrons. The highest BCUT2D eigenvalue weighted by molar-refractivity contribution is 6.29. The van der Waals surface area contributed by atoms with Gasteiger partial charge >= 0.3 is 0 Å². The SMILES string of the molecule is Cc1nc(Cc2cc(F)cc(F)c2)nc(Cl)c1F. The molecule has 2 aromatic rings. The molecule has 0 unspecified atom stereocenters.